The minimum absolute atomic E-state index is 0.0379. The van der Waals surface area contributed by atoms with E-state index in [1.54, 1.807) is 0 Å². The van der Waals surface area contributed by atoms with Gasteiger partial charge in [-0.3, -0.25) is 0 Å². The summed E-state index contributed by atoms with van der Waals surface area (Å²) >= 11 is 5.81. The highest BCUT2D eigenvalue weighted by molar-refractivity contribution is 6.30. The van der Waals surface area contributed by atoms with Gasteiger partial charge in [-0.1, -0.05) is 28.9 Å². The number of aromatic nitrogens is 2. The molecule has 0 radical (unpaired) electrons. The topological polar surface area (TPSA) is 64.9 Å². The van der Waals surface area contributed by atoms with E-state index in [0.29, 0.717) is 24.6 Å². The zero-order valence-corrected chi connectivity index (χ0v) is 10.3. The van der Waals surface area contributed by atoms with Crippen LogP contribution in [-0.4, -0.2) is 16.2 Å². The Hall–Kier alpha value is -1.39. The largest absolute Gasteiger partial charge is 0.339 e. The van der Waals surface area contributed by atoms with Crippen molar-refractivity contribution in [1.82, 2.24) is 10.1 Å². The van der Waals surface area contributed by atoms with Crippen molar-refractivity contribution >= 4 is 11.6 Å². The molecule has 1 heterocycles. The lowest BCUT2D eigenvalue weighted by molar-refractivity contribution is 0.378. The molecule has 0 saturated carbocycles. The third-order valence-electron chi connectivity index (χ3n) is 2.28. The van der Waals surface area contributed by atoms with Crippen LogP contribution in [0.1, 0.15) is 24.2 Å². The van der Waals surface area contributed by atoms with E-state index in [2.05, 4.69) is 10.1 Å². The van der Waals surface area contributed by atoms with E-state index < -0.39 is 0 Å². The quantitative estimate of drug-likeness (QED) is 0.905. The fourth-order valence-corrected chi connectivity index (χ4v) is 1.64. The maximum Gasteiger partial charge on any atom is 0.231 e. The van der Waals surface area contributed by atoms with Gasteiger partial charge in [0.15, 0.2) is 5.82 Å². The van der Waals surface area contributed by atoms with Gasteiger partial charge < -0.3 is 10.3 Å². The molecule has 0 fully saturated rings. The summed E-state index contributed by atoms with van der Waals surface area (Å²) in [7, 11) is 0. The van der Waals surface area contributed by atoms with Gasteiger partial charge in [-0.2, -0.15) is 4.98 Å². The normalized spacial score (nSPS) is 12.6. The van der Waals surface area contributed by atoms with Crippen LogP contribution in [0.25, 0.3) is 0 Å². The third kappa shape index (κ3) is 3.54. The average molecular weight is 252 g/mol. The van der Waals surface area contributed by atoms with Gasteiger partial charge in [0.2, 0.25) is 5.89 Å². The lowest BCUT2D eigenvalue weighted by Crippen LogP contribution is -2.18. The van der Waals surface area contributed by atoms with Gasteiger partial charge in [-0.25, -0.2) is 0 Å². The van der Waals surface area contributed by atoms with Gasteiger partial charge in [0.25, 0.3) is 0 Å². The van der Waals surface area contributed by atoms with Gasteiger partial charge in [0, 0.05) is 17.5 Å². The van der Waals surface area contributed by atoms with Crippen molar-refractivity contribution in [2.24, 2.45) is 5.73 Å². The lowest BCUT2D eigenvalue weighted by Gasteiger charge is -1.97. The zero-order chi connectivity index (χ0) is 12.3. The average Bonchev–Trinajstić information content (AvgIpc) is 2.68. The Balaban J connectivity index is 2.03. The maximum absolute atomic E-state index is 5.81. The van der Waals surface area contributed by atoms with Crippen molar-refractivity contribution in [2.75, 3.05) is 0 Å². The first-order chi connectivity index (χ1) is 8.13. The van der Waals surface area contributed by atoms with E-state index in [1.807, 2.05) is 31.2 Å². The summed E-state index contributed by atoms with van der Waals surface area (Å²) in [4.78, 5) is 4.28. The van der Waals surface area contributed by atoms with E-state index in [4.69, 9.17) is 21.9 Å². The first-order valence-electron chi connectivity index (χ1n) is 5.45. The van der Waals surface area contributed by atoms with Crippen molar-refractivity contribution in [2.45, 2.75) is 25.8 Å². The summed E-state index contributed by atoms with van der Waals surface area (Å²) in [5.41, 5.74) is 6.75. The van der Waals surface area contributed by atoms with Crippen LogP contribution in [0, 0.1) is 0 Å². The molecule has 1 unspecified atom stereocenters. The Morgan fingerprint density at radius 3 is 2.71 bits per heavy atom. The molecule has 0 amide bonds. The molecule has 0 aliphatic heterocycles. The van der Waals surface area contributed by atoms with E-state index in [0.717, 1.165) is 10.6 Å². The highest BCUT2D eigenvalue weighted by atomic mass is 35.5. The fourth-order valence-electron chi connectivity index (χ4n) is 1.51. The number of rotatable bonds is 4. The molecule has 0 aliphatic carbocycles. The molecule has 90 valence electrons. The van der Waals surface area contributed by atoms with Crippen molar-refractivity contribution in [1.29, 1.82) is 0 Å². The molecule has 0 saturated heterocycles. The monoisotopic (exact) mass is 251 g/mol. The number of hydrogen-bond donors (Lipinski definition) is 1. The van der Waals surface area contributed by atoms with Crippen molar-refractivity contribution in [3.8, 4) is 0 Å². The van der Waals surface area contributed by atoms with E-state index >= 15 is 0 Å². The molecule has 2 N–H and O–H groups in total. The molecule has 4 nitrogen and oxygen atoms in total. The maximum atomic E-state index is 5.81. The Morgan fingerprint density at radius 1 is 1.35 bits per heavy atom. The molecule has 1 aromatic heterocycles. The highest BCUT2D eigenvalue weighted by Crippen LogP contribution is 2.12. The molecule has 1 atom stereocenters. The van der Waals surface area contributed by atoms with E-state index in [1.165, 1.54) is 0 Å². The Labute approximate surface area is 105 Å². The predicted molar refractivity (Wildman–Crippen MR) is 65.9 cm³/mol. The number of nitrogens with two attached hydrogens (primary N) is 1. The molecule has 0 spiro atoms. The summed E-state index contributed by atoms with van der Waals surface area (Å²) in [5.74, 6) is 1.26. The van der Waals surface area contributed by atoms with Crippen molar-refractivity contribution < 1.29 is 4.52 Å². The summed E-state index contributed by atoms with van der Waals surface area (Å²) in [6, 6.07) is 7.61. The second-order valence-electron chi connectivity index (χ2n) is 4.09. The van der Waals surface area contributed by atoms with Crippen LogP contribution in [0.3, 0.4) is 0 Å². The summed E-state index contributed by atoms with van der Waals surface area (Å²) in [5, 5.41) is 4.60. The minimum atomic E-state index is 0.0379. The Morgan fingerprint density at radius 2 is 2.06 bits per heavy atom. The molecule has 0 bridgehead atoms. The Kier molecular flexibility index (Phi) is 3.76. The Bertz CT molecular complexity index is 479. The fraction of sp³-hybridized carbons (Fsp3) is 0.333. The summed E-state index contributed by atoms with van der Waals surface area (Å²) < 4.78 is 5.15. The van der Waals surface area contributed by atoms with Crippen LogP contribution >= 0.6 is 11.6 Å². The molecule has 2 rings (SSSR count). The highest BCUT2D eigenvalue weighted by Gasteiger charge is 2.08. The van der Waals surface area contributed by atoms with Crippen LogP contribution in [0.5, 0.6) is 0 Å². The first-order valence-corrected chi connectivity index (χ1v) is 5.83. The van der Waals surface area contributed by atoms with Gasteiger partial charge in [-0.05, 0) is 24.6 Å². The SMILES string of the molecule is CC(N)Cc1noc(Cc2ccc(Cl)cc2)n1. The lowest BCUT2D eigenvalue weighted by atomic mass is 10.1. The summed E-state index contributed by atoms with van der Waals surface area (Å²) in [6.45, 7) is 1.91. The van der Waals surface area contributed by atoms with Gasteiger partial charge in [-0.15, -0.1) is 0 Å². The van der Waals surface area contributed by atoms with Crippen molar-refractivity contribution in [3.05, 3.63) is 46.6 Å². The van der Waals surface area contributed by atoms with Crippen LogP contribution in [-0.2, 0) is 12.8 Å². The number of nitrogens with zero attached hydrogens (tertiary/aromatic N) is 2. The van der Waals surface area contributed by atoms with Crippen LogP contribution in [0.15, 0.2) is 28.8 Å². The molecular weight excluding hydrogens is 238 g/mol. The van der Waals surface area contributed by atoms with E-state index in [-0.39, 0.29) is 6.04 Å². The van der Waals surface area contributed by atoms with Gasteiger partial charge in [0.05, 0.1) is 6.42 Å². The first kappa shape index (κ1) is 12.1. The smallest absolute Gasteiger partial charge is 0.231 e. The molecular formula is C12H14ClN3O. The van der Waals surface area contributed by atoms with Crippen LogP contribution in [0.4, 0.5) is 0 Å². The van der Waals surface area contributed by atoms with Gasteiger partial charge >= 0.3 is 0 Å². The van der Waals surface area contributed by atoms with Gasteiger partial charge in [0.1, 0.15) is 0 Å². The summed E-state index contributed by atoms with van der Waals surface area (Å²) in [6.07, 6.45) is 1.24. The number of benzene rings is 1. The molecule has 17 heavy (non-hydrogen) atoms. The van der Waals surface area contributed by atoms with Crippen LogP contribution in [0.2, 0.25) is 5.02 Å². The molecule has 5 heteroatoms. The molecule has 0 aliphatic rings. The van der Waals surface area contributed by atoms with E-state index in [9.17, 15) is 0 Å². The van der Waals surface area contributed by atoms with Crippen molar-refractivity contribution in [3.63, 3.8) is 0 Å². The zero-order valence-electron chi connectivity index (χ0n) is 9.56. The second kappa shape index (κ2) is 5.29. The third-order valence-corrected chi connectivity index (χ3v) is 2.54. The molecule has 2 aromatic rings. The number of hydrogen-bond acceptors (Lipinski definition) is 4. The molecule has 1 aromatic carbocycles. The number of halogens is 1. The second-order valence-corrected chi connectivity index (χ2v) is 4.53. The minimum Gasteiger partial charge on any atom is -0.339 e. The van der Waals surface area contributed by atoms with Crippen LogP contribution < -0.4 is 5.73 Å². The standard InChI is InChI=1S/C12H14ClN3O/c1-8(14)6-11-15-12(17-16-11)7-9-2-4-10(13)5-3-9/h2-5,8H,6-7,14H2,1H3. The predicted octanol–water partition coefficient (Wildman–Crippen LogP) is 2.20.